The highest BCUT2D eigenvalue weighted by atomic mass is 16.5. The maximum absolute atomic E-state index is 13.6. The van der Waals surface area contributed by atoms with Crippen molar-refractivity contribution >= 4 is 17.4 Å². The fourth-order valence-electron chi connectivity index (χ4n) is 5.96. The van der Waals surface area contributed by atoms with Crippen LogP contribution in [0.1, 0.15) is 55.0 Å². The molecule has 250 valence electrons. The Kier molecular flexibility index (Phi) is 11.6. The predicted molar refractivity (Wildman–Crippen MR) is 181 cm³/mol. The Balaban J connectivity index is 1.42. The molecule has 47 heavy (non-hydrogen) atoms. The molecule has 2 fully saturated rings. The van der Waals surface area contributed by atoms with Gasteiger partial charge in [-0.25, -0.2) is 0 Å². The lowest BCUT2D eigenvalue weighted by atomic mass is 9.95. The Morgan fingerprint density at radius 1 is 0.957 bits per heavy atom. The molecule has 2 aliphatic rings. The first kappa shape index (κ1) is 34.0. The Hall–Kier alpha value is -4.34. The minimum absolute atomic E-state index is 0.0466. The van der Waals surface area contributed by atoms with E-state index in [1.807, 2.05) is 37.3 Å². The van der Waals surface area contributed by atoms with E-state index in [2.05, 4.69) is 24.8 Å². The van der Waals surface area contributed by atoms with Crippen LogP contribution >= 0.6 is 0 Å². The second-order valence-corrected chi connectivity index (χ2v) is 12.5. The molecule has 1 unspecified atom stereocenters. The van der Waals surface area contributed by atoms with E-state index in [9.17, 15) is 14.7 Å². The Morgan fingerprint density at radius 2 is 1.72 bits per heavy atom. The Bertz CT molecular complexity index is 1560. The van der Waals surface area contributed by atoms with Crippen LogP contribution in [-0.4, -0.2) is 79.7 Å². The number of carbonyl (C=O) groups is 2. The summed E-state index contributed by atoms with van der Waals surface area (Å²) in [7, 11) is 1.57. The van der Waals surface area contributed by atoms with Crippen LogP contribution in [-0.2, 0) is 20.9 Å². The van der Waals surface area contributed by atoms with Crippen molar-refractivity contribution in [3.63, 3.8) is 0 Å². The third-order valence-corrected chi connectivity index (χ3v) is 8.59. The highest BCUT2D eigenvalue weighted by Crippen LogP contribution is 2.42. The number of Topliss-reactive ketones (excluding diaryl/α,β-unsaturated/α-hetero) is 1. The van der Waals surface area contributed by atoms with E-state index in [4.69, 9.17) is 18.9 Å². The average molecular weight is 643 g/mol. The summed E-state index contributed by atoms with van der Waals surface area (Å²) in [4.78, 5) is 31.1. The number of hydrogen-bond donors (Lipinski definition) is 1. The van der Waals surface area contributed by atoms with Crippen molar-refractivity contribution in [1.82, 2.24) is 9.80 Å². The number of ether oxygens (including phenoxy) is 4. The van der Waals surface area contributed by atoms with Gasteiger partial charge in [0.15, 0.2) is 11.5 Å². The van der Waals surface area contributed by atoms with Gasteiger partial charge in [-0.3, -0.25) is 14.5 Å². The third kappa shape index (κ3) is 8.53. The summed E-state index contributed by atoms with van der Waals surface area (Å²) in [5, 5.41) is 11.6. The van der Waals surface area contributed by atoms with E-state index >= 15 is 0 Å². The van der Waals surface area contributed by atoms with Gasteiger partial charge in [-0.15, -0.1) is 0 Å². The molecule has 2 heterocycles. The van der Waals surface area contributed by atoms with Gasteiger partial charge in [0.25, 0.3) is 11.7 Å². The van der Waals surface area contributed by atoms with Gasteiger partial charge in [0.1, 0.15) is 18.1 Å². The van der Waals surface area contributed by atoms with Gasteiger partial charge in [0.2, 0.25) is 0 Å². The quantitative estimate of drug-likeness (QED) is 0.127. The molecule has 2 aliphatic heterocycles. The Labute approximate surface area is 277 Å². The van der Waals surface area contributed by atoms with Crippen LogP contribution in [0.15, 0.2) is 72.3 Å². The number of morpholine rings is 1. The largest absolute Gasteiger partial charge is 0.507 e. The van der Waals surface area contributed by atoms with Gasteiger partial charge in [-0.1, -0.05) is 49.7 Å². The molecule has 1 N–H and O–H groups in total. The van der Waals surface area contributed by atoms with Crippen LogP contribution in [0, 0.1) is 12.8 Å². The summed E-state index contributed by atoms with van der Waals surface area (Å²) >= 11 is 0. The number of nitrogens with zero attached hydrogens (tertiary/aromatic N) is 2. The van der Waals surface area contributed by atoms with E-state index in [1.165, 1.54) is 0 Å². The van der Waals surface area contributed by atoms with Crippen LogP contribution in [0.3, 0.4) is 0 Å². The second-order valence-electron chi connectivity index (χ2n) is 12.5. The second kappa shape index (κ2) is 16.0. The molecule has 9 heteroatoms. The summed E-state index contributed by atoms with van der Waals surface area (Å²) in [5.74, 6) is 0.628. The van der Waals surface area contributed by atoms with E-state index in [1.54, 1.807) is 42.3 Å². The van der Waals surface area contributed by atoms with Crippen molar-refractivity contribution in [1.29, 1.82) is 0 Å². The maximum Gasteiger partial charge on any atom is 0.295 e. The lowest BCUT2D eigenvalue weighted by Gasteiger charge is -2.29. The molecule has 0 aromatic heterocycles. The molecule has 5 rings (SSSR count). The first-order valence-electron chi connectivity index (χ1n) is 16.4. The lowest BCUT2D eigenvalue weighted by Crippen LogP contribution is -2.39. The van der Waals surface area contributed by atoms with Gasteiger partial charge in [-0.05, 0) is 73.2 Å². The Morgan fingerprint density at radius 3 is 2.43 bits per heavy atom. The summed E-state index contributed by atoms with van der Waals surface area (Å²) in [6, 6.07) is 19.7. The maximum atomic E-state index is 13.6. The van der Waals surface area contributed by atoms with Crippen molar-refractivity contribution in [2.24, 2.45) is 5.92 Å². The van der Waals surface area contributed by atoms with Crippen LogP contribution in [0.5, 0.6) is 17.2 Å². The topological polar surface area (TPSA) is 97.8 Å². The number of ketones is 1. The van der Waals surface area contributed by atoms with E-state index in [0.717, 1.165) is 37.2 Å². The molecule has 3 aromatic rings. The number of aryl methyl sites for hydroxylation is 1. The molecule has 0 aliphatic carbocycles. The molecule has 9 nitrogen and oxygen atoms in total. The smallest absolute Gasteiger partial charge is 0.295 e. The molecular weight excluding hydrogens is 596 g/mol. The van der Waals surface area contributed by atoms with Gasteiger partial charge in [0.05, 0.1) is 38.5 Å². The SMILES string of the molecule is COc1cc(C2C(=C(O)c3ccc(OCc4cccc(C)c4)cc3)C(=O)C(=O)N2CCCN2CCOCC2)ccc1OCCC(C)C. The van der Waals surface area contributed by atoms with Gasteiger partial charge < -0.3 is 29.0 Å². The molecule has 2 saturated heterocycles. The van der Waals surface area contributed by atoms with Gasteiger partial charge >= 0.3 is 0 Å². The molecule has 3 aromatic carbocycles. The zero-order valence-electron chi connectivity index (χ0n) is 27.9. The first-order valence-corrected chi connectivity index (χ1v) is 16.4. The number of likely N-dealkylation sites (tertiary alicyclic amines) is 1. The minimum atomic E-state index is -0.796. The van der Waals surface area contributed by atoms with Crippen molar-refractivity contribution in [2.45, 2.75) is 46.3 Å². The molecule has 1 atom stereocenters. The average Bonchev–Trinajstić information content (AvgIpc) is 3.33. The van der Waals surface area contributed by atoms with E-state index < -0.39 is 17.7 Å². The van der Waals surface area contributed by atoms with Crippen molar-refractivity contribution in [3.8, 4) is 17.2 Å². The standard InChI is InChI=1S/C38H46N2O7/c1-26(2)15-20-46-32-14-11-30(24-33(32)44-4)35-34(37(42)38(43)40(35)17-6-16-39-18-21-45-22-19-39)36(41)29-9-12-31(13-10-29)47-25-28-8-5-7-27(3)23-28/h5,7-14,23-24,26,35,41H,6,15-22,25H2,1-4H3. The fourth-order valence-corrected chi connectivity index (χ4v) is 5.96. The predicted octanol–water partition coefficient (Wildman–Crippen LogP) is 6.15. The highest BCUT2D eigenvalue weighted by molar-refractivity contribution is 6.46. The number of methoxy groups -OCH3 is 1. The monoisotopic (exact) mass is 642 g/mol. The number of aliphatic hydroxyl groups excluding tert-OH is 1. The number of benzene rings is 3. The summed E-state index contributed by atoms with van der Waals surface area (Å²) in [6.45, 7) is 11.4. The highest BCUT2D eigenvalue weighted by Gasteiger charge is 2.46. The van der Waals surface area contributed by atoms with Gasteiger partial charge in [-0.2, -0.15) is 0 Å². The van der Waals surface area contributed by atoms with Crippen LogP contribution in [0.25, 0.3) is 5.76 Å². The molecule has 0 bridgehead atoms. The molecular formula is C38H46N2O7. The molecule has 0 spiro atoms. The third-order valence-electron chi connectivity index (χ3n) is 8.59. The van der Waals surface area contributed by atoms with Crippen LogP contribution < -0.4 is 14.2 Å². The summed E-state index contributed by atoms with van der Waals surface area (Å²) < 4.78 is 23.1. The zero-order valence-corrected chi connectivity index (χ0v) is 27.9. The molecule has 0 saturated carbocycles. The summed E-state index contributed by atoms with van der Waals surface area (Å²) in [5.41, 5.74) is 3.33. The van der Waals surface area contributed by atoms with E-state index in [-0.39, 0.29) is 11.3 Å². The minimum Gasteiger partial charge on any atom is -0.507 e. The number of carbonyl (C=O) groups excluding carboxylic acids is 2. The lowest BCUT2D eigenvalue weighted by molar-refractivity contribution is -0.140. The number of amides is 1. The molecule has 0 radical (unpaired) electrons. The van der Waals surface area contributed by atoms with Crippen LogP contribution in [0.2, 0.25) is 0 Å². The van der Waals surface area contributed by atoms with Crippen molar-refractivity contribution in [2.75, 3.05) is 53.1 Å². The number of rotatable bonds is 14. The summed E-state index contributed by atoms with van der Waals surface area (Å²) in [6.07, 6.45) is 1.56. The molecule has 1 amide bonds. The van der Waals surface area contributed by atoms with Crippen molar-refractivity contribution < 1.29 is 33.6 Å². The van der Waals surface area contributed by atoms with Gasteiger partial charge in [0, 0.05) is 31.7 Å². The number of aliphatic hydroxyl groups is 1. The fraction of sp³-hybridized carbons (Fsp3) is 0.421. The number of hydrogen-bond acceptors (Lipinski definition) is 8. The zero-order chi connectivity index (χ0) is 33.3. The van der Waals surface area contributed by atoms with Crippen molar-refractivity contribution in [3.05, 3.63) is 94.6 Å². The normalized spacial score (nSPS) is 18.1. The van der Waals surface area contributed by atoms with Crippen LogP contribution in [0.4, 0.5) is 0 Å². The first-order chi connectivity index (χ1) is 22.7. The van der Waals surface area contributed by atoms with E-state index in [0.29, 0.717) is 73.7 Å².